The van der Waals surface area contributed by atoms with Gasteiger partial charge in [-0.15, -0.1) is 0 Å². The first-order valence-corrected chi connectivity index (χ1v) is 10.0. The largest absolute Gasteiger partial charge is 0.490 e. The summed E-state index contributed by atoms with van der Waals surface area (Å²) in [5.41, 5.74) is -0.539. The molecular weight excluding hydrogens is 451 g/mol. The van der Waals surface area contributed by atoms with E-state index >= 15 is 0 Å². The predicted octanol–water partition coefficient (Wildman–Crippen LogP) is 4.33. The number of esters is 1. The van der Waals surface area contributed by atoms with Crippen molar-refractivity contribution in [3.05, 3.63) is 58.1 Å². The zero-order valence-electron chi connectivity index (χ0n) is 16.8. The van der Waals surface area contributed by atoms with Crippen molar-refractivity contribution >= 4 is 34.9 Å². The van der Waals surface area contributed by atoms with Crippen LogP contribution in [0.5, 0.6) is 5.75 Å². The van der Waals surface area contributed by atoms with Gasteiger partial charge in [0.2, 0.25) is 0 Å². The smallest absolute Gasteiger partial charge is 0.471 e. The van der Waals surface area contributed by atoms with Crippen LogP contribution in [0.1, 0.15) is 39.1 Å². The molecule has 0 radical (unpaired) electrons. The number of ketones is 1. The van der Waals surface area contributed by atoms with Crippen LogP contribution in [-0.4, -0.2) is 44.1 Å². The number of fused-ring (bicyclic) bond motifs is 3. The lowest BCUT2D eigenvalue weighted by Crippen LogP contribution is -2.51. The van der Waals surface area contributed by atoms with Gasteiger partial charge in [0, 0.05) is 29.0 Å². The number of rotatable bonds is 1. The maximum absolute atomic E-state index is 13.6. The van der Waals surface area contributed by atoms with Gasteiger partial charge in [-0.2, -0.15) is 13.2 Å². The summed E-state index contributed by atoms with van der Waals surface area (Å²) in [6.45, 7) is -0.466. The van der Waals surface area contributed by atoms with Gasteiger partial charge in [0.05, 0.1) is 25.0 Å². The van der Waals surface area contributed by atoms with Crippen LogP contribution in [0.15, 0.2) is 36.4 Å². The molecule has 2 aliphatic rings. The van der Waals surface area contributed by atoms with Crippen molar-refractivity contribution in [3.63, 3.8) is 0 Å². The number of amides is 1. The third-order valence-corrected chi connectivity index (χ3v) is 6.04. The molecule has 1 spiro atoms. The van der Waals surface area contributed by atoms with Gasteiger partial charge in [-0.25, -0.2) is 4.79 Å². The number of hydrogen-bond acceptors (Lipinski definition) is 5. The molecule has 1 aliphatic carbocycles. The molecule has 2 aromatic carbocycles. The van der Waals surface area contributed by atoms with Crippen LogP contribution in [0.3, 0.4) is 0 Å². The Morgan fingerprint density at radius 3 is 2.62 bits per heavy atom. The van der Waals surface area contributed by atoms with Crippen molar-refractivity contribution in [1.82, 2.24) is 0 Å². The second-order valence-electron chi connectivity index (χ2n) is 7.75. The molecule has 10 heteroatoms. The van der Waals surface area contributed by atoms with Gasteiger partial charge in [-0.1, -0.05) is 17.7 Å². The quantitative estimate of drug-likeness (QED) is 0.584. The minimum absolute atomic E-state index is 0.0135. The summed E-state index contributed by atoms with van der Waals surface area (Å²) >= 11 is 6.03. The highest BCUT2D eigenvalue weighted by atomic mass is 35.5. The van der Waals surface area contributed by atoms with Crippen molar-refractivity contribution in [3.8, 4) is 5.75 Å². The number of halogens is 4. The highest BCUT2D eigenvalue weighted by Crippen LogP contribution is 2.45. The van der Waals surface area contributed by atoms with E-state index in [1.54, 1.807) is 12.1 Å². The second kappa shape index (κ2) is 7.81. The fourth-order valence-corrected chi connectivity index (χ4v) is 4.40. The lowest BCUT2D eigenvalue weighted by molar-refractivity contribution is -0.170. The fourth-order valence-electron chi connectivity index (χ4n) is 4.22. The Morgan fingerprint density at radius 2 is 1.94 bits per heavy atom. The predicted molar refractivity (Wildman–Crippen MR) is 108 cm³/mol. The average Bonchev–Trinajstić information content (AvgIpc) is 2.92. The van der Waals surface area contributed by atoms with E-state index in [9.17, 15) is 27.6 Å². The van der Waals surface area contributed by atoms with Gasteiger partial charge in [0.1, 0.15) is 5.75 Å². The normalized spacial score (nSPS) is 20.2. The minimum Gasteiger partial charge on any atom is -0.490 e. The van der Waals surface area contributed by atoms with Gasteiger partial charge in [-0.05, 0) is 42.3 Å². The molecule has 0 unspecified atom stereocenters. The number of nitrogens with zero attached hydrogens (tertiary/aromatic N) is 1. The molecule has 2 aromatic rings. The molecule has 32 heavy (non-hydrogen) atoms. The highest BCUT2D eigenvalue weighted by Gasteiger charge is 2.50. The van der Waals surface area contributed by atoms with Gasteiger partial charge in [-0.3, -0.25) is 9.59 Å². The number of anilines is 1. The Bertz CT molecular complexity index is 1130. The van der Waals surface area contributed by atoms with Crippen molar-refractivity contribution in [1.29, 1.82) is 0 Å². The SMILES string of the molecule is COC(=O)c1ccc2c(c1)N(C(=O)C(F)(F)F)C[C@@]1(CCC(=O)c3cc(Cl)ccc31)CO2. The topological polar surface area (TPSA) is 72.9 Å². The number of carbonyl (C=O) groups is 3. The number of Topliss-reactive ketones (excluding diaryl/α,β-unsaturated/α-hetero) is 1. The molecule has 0 N–H and O–H groups in total. The Labute approximate surface area is 185 Å². The van der Waals surface area contributed by atoms with Gasteiger partial charge < -0.3 is 14.4 Å². The molecular formula is C22H17ClF3NO5. The highest BCUT2D eigenvalue weighted by molar-refractivity contribution is 6.31. The molecule has 168 valence electrons. The lowest BCUT2D eigenvalue weighted by atomic mass is 9.69. The summed E-state index contributed by atoms with van der Waals surface area (Å²) < 4.78 is 51.2. The molecule has 1 atom stereocenters. The van der Waals surface area contributed by atoms with E-state index < -0.39 is 30.0 Å². The van der Waals surface area contributed by atoms with Crippen LogP contribution in [-0.2, 0) is 14.9 Å². The van der Waals surface area contributed by atoms with Crippen LogP contribution in [0.2, 0.25) is 5.02 Å². The monoisotopic (exact) mass is 467 g/mol. The summed E-state index contributed by atoms with van der Waals surface area (Å²) in [6, 6.07) is 8.42. The number of carbonyl (C=O) groups excluding carboxylic acids is 3. The number of alkyl halides is 3. The van der Waals surface area contributed by atoms with Crippen LogP contribution >= 0.6 is 11.6 Å². The zero-order valence-corrected chi connectivity index (χ0v) is 17.5. The first kappa shape index (κ1) is 22.1. The van der Waals surface area contributed by atoms with Crippen LogP contribution in [0, 0.1) is 0 Å². The standard InChI is InChI=1S/C22H17ClF3NO5/c1-31-19(29)12-2-5-18-16(8-12)27(20(30)22(24,25)26)10-21(11-32-18)7-6-17(28)14-9-13(23)3-4-15(14)21/h2-5,8-9H,6-7,10-11H2,1H3/t21-/m0/s1. The first-order chi connectivity index (χ1) is 15.1. The Balaban J connectivity index is 1.88. The van der Waals surface area contributed by atoms with E-state index in [4.69, 9.17) is 16.3 Å². The molecule has 0 aromatic heterocycles. The molecule has 6 nitrogen and oxygen atoms in total. The molecule has 0 fully saturated rings. The maximum Gasteiger partial charge on any atom is 0.471 e. The van der Waals surface area contributed by atoms with E-state index in [0.29, 0.717) is 21.0 Å². The van der Waals surface area contributed by atoms with Gasteiger partial charge in [0.25, 0.3) is 0 Å². The molecule has 1 heterocycles. The lowest BCUT2D eigenvalue weighted by Gasteiger charge is -2.39. The molecule has 0 saturated heterocycles. The van der Waals surface area contributed by atoms with Crippen molar-refractivity contribution in [2.45, 2.75) is 24.4 Å². The van der Waals surface area contributed by atoms with Gasteiger partial charge >= 0.3 is 18.1 Å². The molecule has 4 rings (SSSR count). The summed E-state index contributed by atoms with van der Waals surface area (Å²) in [7, 11) is 1.14. The molecule has 1 amide bonds. The van der Waals surface area contributed by atoms with Gasteiger partial charge in [0.15, 0.2) is 5.78 Å². The average molecular weight is 468 g/mol. The zero-order chi connectivity index (χ0) is 23.3. The second-order valence-corrected chi connectivity index (χ2v) is 8.18. The molecule has 0 saturated carbocycles. The number of ether oxygens (including phenoxy) is 2. The Morgan fingerprint density at radius 1 is 1.19 bits per heavy atom. The van der Waals surface area contributed by atoms with E-state index in [-0.39, 0.29) is 42.2 Å². The maximum atomic E-state index is 13.6. The van der Waals surface area contributed by atoms with Crippen molar-refractivity contribution in [2.24, 2.45) is 0 Å². The van der Waals surface area contributed by atoms with Crippen molar-refractivity contribution in [2.75, 3.05) is 25.2 Å². The third-order valence-electron chi connectivity index (χ3n) is 5.81. The number of methoxy groups -OCH3 is 1. The van der Waals surface area contributed by atoms with E-state index in [0.717, 1.165) is 13.2 Å². The molecule has 0 bridgehead atoms. The number of benzene rings is 2. The van der Waals surface area contributed by atoms with E-state index in [1.165, 1.54) is 18.2 Å². The first-order valence-electron chi connectivity index (χ1n) is 9.63. The van der Waals surface area contributed by atoms with E-state index in [1.807, 2.05) is 0 Å². The molecule has 1 aliphatic heterocycles. The van der Waals surface area contributed by atoms with Crippen LogP contribution < -0.4 is 9.64 Å². The fraction of sp³-hybridized carbons (Fsp3) is 0.318. The third kappa shape index (κ3) is 3.70. The van der Waals surface area contributed by atoms with Crippen LogP contribution in [0.25, 0.3) is 0 Å². The van der Waals surface area contributed by atoms with Crippen LogP contribution in [0.4, 0.5) is 18.9 Å². The Hall–Kier alpha value is -3.07. The number of hydrogen-bond donors (Lipinski definition) is 0. The summed E-state index contributed by atoms with van der Waals surface area (Å²) in [6.07, 6.45) is -4.92. The van der Waals surface area contributed by atoms with E-state index in [2.05, 4.69) is 4.74 Å². The summed E-state index contributed by atoms with van der Waals surface area (Å²) in [5, 5.41) is 0.318. The summed E-state index contributed by atoms with van der Waals surface area (Å²) in [5.74, 6) is -3.04. The van der Waals surface area contributed by atoms with Crippen molar-refractivity contribution < 1.29 is 37.0 Å². The summed E-state index contributed by atoms with van der Waals surface area (Å²) in [4.78, 5) is 37.5. The minimum atomic E-state index is -5.17. The Kier molecular flexibility index (Phi) is 5.40.